The second-order valence-electron chi connectivity index (χ2n) is 9.34. The number of alkyl halides is 1. The van der Waals surface area contributed by atoms with Crippen LogP contribution in [0.15, 0.2) is 28.5 Å². The summed E-state index contributed by atoms with van der Waals surface area (Å²) in [5, 5.41) is 8.60. The summed E-state index contributed by atoms with van der Waals surface area (Å²) >= 11 is 0. The Morgan fingerprint density at radius 1 is 1.06 bits per heavy atom. The highest BCUT2D eigenvalue weighted by Gasteiger charge is 2.23. The molecule has 2 heterocycles. The molecule has 0 bridgehead atoms. The summed E-state index contributed by atoms with van der Waals surface area (Å²) in [5.74, 6) is 0. The van der Waals surface area contributed by atoms with Crippen molar-refractivity contribution in [2.45, 2.75) is 67.5 Å². The minimum absolute atomic E-state index is 0.300. The summed E-state index contributed by atoms with van der Waals surface area (Å²) in [6.45, 7) is 12.1. The molecule has 0 atom stereocenters. The van der Waals surface area contributed by atoms with E-state index in [2.05, 4.69) is 20.3 Å². The van der Waals surface area contributed by atoms with Gasteiger partial charge in [-0.3, -0.25) is 4.98 Å². The predicted molar refractivity (Wildman–Crippen MR) is 125 cm³/mol. The summed E-state index contributed by atoms with van der Waals surface area (Å²) in [7, 11) is 0. The second-order valence-corrected chi connectivity index (χ2v) is 9.34. The number of hydrogen-bond acceptors (Lipinski definition) is 6. The van der Waals surface area contributed by atoms with Crippen LogP contribution in [0.25, 0.3) is 0 Å². The normalized spacial score (nSPS) is 15.6. The zero-order chi connectivity index (χ0) is 23.3. The smallest absolute Gasteiger partial charge is 0.131 e. The largest absolute Gasteiger partial charge is 0.395 e. The van der Waals surface area contributed by atoms with Gasteiger partial charge in [0.05, 0.1) is 17.1 Å². The van der Waals surface area contributed by atoms with Crippen molar-refractivity contribution in [3.8, 4) is 0 Å². The molecular formula is C25H33FN4O2. The fourth-order valence-corrected chi connectivity index (χ4v) is 3.73. The van der Waals surface area contributed by atoms with Crippen molar-refractivity contribution in [3.05, 3.63) is 57.7 Å². The number of nitrogens with zero attached hydrogens (tertiary/aromatic N) is 4. The van der Waals surface area contributed by atoms with Crippen LogP contribution >= 0.6 is 0 Å². The van der Waals surface area contributed by atoms with Gasteiger partial charge in [0.1, 0.15) is 31.3 Å². The fraction of sp³-hybridized carbons (Fsp3) is 0.520. The lowest BCUT2D eigenvalue weighted by Crippen LogP contribution is -2.25. The molecule has 1 aliphatic rings. The third kappa shape index (κ3) is 6.11. The van der Waals surface area contributed by atoms with Crippen molar-refractivity contribution in [1.29, 1.82) is 0 Å². The van der Waals surface area contributed by atoms with E-state index in [1.165, 1.54) is 0 Å². The molecule has 0 N–H and O–H groups in total. The SMILES string of the molecule is C/C(=N\OCC(C)(C)CO/N=C1\CCCc2c(C)cc(CF)nc21)c1cc(C)cc(C)n1. The summed E-state index contributed by atoms with van der Waals surface area (Å²) in [5.41, 5.74) is 7.56. The average molecular weight is 441 g/mol. The van der Waals surface area contributed by atoms with Crippen LogP contribution in [0.1, 0.15) is 73.1 Å². The third-order valence-electron chi connectivity index (χ3n) is 5.41. The van der Waals surface area contributed by atoms with Crippen LogP contribution < -0.4 is 0 Å². The molecule has 3 rings (SSSR count). The maximum absolute atomic E-state index is 13.2. The molecule has 0 aliphatic heterocycles. The summed E-state index contributed by atoms with van der Waals surface area (Å²) < 4.78 is 13.2. The van der Waals surface area contributed by atoms with Gasteiger partial charge in [0.15, 0.2) is 0 Å². The minimum atomic E-state index is -0.579. The zero-order valence-corrected chi connectivity index (χ0v) is 20.0. The van der Waals surface area contributed by atoms with Crippen LogP contribution in [0.4, 0.5) is 4.39 Å². The highest BCUT2D eigenvalue weighted by atomic mass is 19.1. The summed E-state index contributed by atoms with van der Waals surface area (Å²) in [6, 6.07) is 5.84. The highest BCUT2D eigenvalue weighted by Crippen LogP contribution is 2.25. The van der Waals surface area contributed by atoms with Gasteiger partial charge in [-0.05, 0) is 81.8 Å². The topological polar surface area (TPSA) is 69.0 Å². The van der Waals surface area contributed by atoms with E-state index in [4.69, 9.17) is 9.68 Å². The lowest BCUT2D eigenvalue weighted by molar-refractivity contribution is -0.000160. The van der Waals surface area contributed by atoms with E-state index in [1.54, 1.807) is 0 Å². The van der Waals surface area contributed by atoms with Crippen molar-refractivity contribution >= 4 is 11.4 Å². The van der Waals surface area contributed by atoms with Gasteiger partial charge in [-0.25, -0.2) is 9.37 Å². The number of fused-ring (bicyclic) bond motifs is 1. The Morgan fingerprint density at radius 3 is 2.53 bits per heavy atom. The van der Waals surface area contributed by atoms with E-state index in [9.17, 15) is 4.39 Å². The van der Waals surface area contributed by atoms with Crippen LogP contribution in [0, 0.1) is 26.2 Å². The number of aryl methyl sites for hydroxylation is 3. The minimum Gasteiger partial charge on any atom is -0.395 e. The lowest BCUT2D eigenvalue weighted by atomic mass is 9.91. The molecule has 0 unspecified atom stereocenters. The molecule has 0 amide bonds. The Morgan fingerprint density at radius 2 is 1.81 bits per heavy atom. The average Bonchev–Trinajstić information content (AvgIpc) is 2.73. The molecule has 0 fully saturated rings. The first-order valence-electron chi connectivity index (χ1n) is 11.1. The van der Waals surface area contributed by atoms with Gasteiger partial charge in [-0.1, -0.05) is 24.2 Å². The Hall–Kier alpha value is -2.83. The van der Waals surface area contributed by atoms with Crippen LogP contribution in [0.5, 0.6) is 0 Å². The van der Waals surface area contributed by atoms with Crippen LogP contribution in [0.2, 0.25) is 0 Å². The van der Waals surface area contributed by atoms with Gasteiger partial charge in [0, 0.05) is 11.1 Å². The Balaban J connectivity index is 1.60. The molecule has 32 heavy (non-hydrogen) atoms. The molecule has 0 radical (unpaired) electrons. The van der Waals surface area contributed by atoms with Crippen molar-refractivity contribution in [3.63, 3.8) is 0 Å². The van der Waals surface area contributed by atoms with E-state index in [0.717, 1.165) is 64.5 Å². The molecule has 1 aliphatic carbocycles. The number of pyridine rings is 2. The van der Waals surface area contributed by atoms with Gasteiger partial charge in [0.25, 0.3) is 0 Å². The Kier molecular flexibility index (Phi) is 7.59. The van der Waals surface area contributed by atoms with Crippen molar-refractivity contribution in [1.82, 2.24) is 9.97 Å². The molecule has 2 aromatic heterocycles. The molecule has 0 saturated carbocycles. The van der Waals surface area contributed by atoms with E-state index in [1.807, 2.05) is 59.7 Å². The zero-order valence-electron chi connectivity index (χ0n) is 20.0. The second kappa shape index (κ2) is 10.2. The molecule has 2 aromatic rings. The van der Waals surface area contributed by atoms with Crippen LogP contribution in [-0.2, 0) is 22.8 Å². The first kappa shape index (κ1) is 23.8. The number of hydrogen-bond donors (Lipinski definition) is 0. The molecule has 0 spiro atoms. The lowest BCUT2D eigenvalue weighted by Gasteiger charge is -2.23. The molecule has 0 saturated heterocycles. The number of rotatable bonds is 8. The standard InChI is InChI=1S/C25H33FN4O2/c1-16-10-18(3)27-23(11-16)19(4)29-31-14-25(5,6)15-32-30-22-9-7-8-21-17(2)12-20(13-26)28-24(21)22/h10-12H,7-9,13-15H2,1-6H3/b29-19+,30-22+. The molecule has 172 valence electrons. The maximum Gasteiger partial charge on any atom is 0.131 e. The monoisotopic (exact) mass is 440 g/mol. The number of aromatic nitrogens is 2. The van der Waals surface area contributed by atoms with Crippen LogP contribution in [-0.4, -0.2) is 34.6 Å². The Labute approximate surface area is 189 Å². The number of halogens is 1. The quantitative estimate of drug-likeness (QED) is 0.407. The summed E-state index contributed by atoms with van der Waals surface area (Å²) in [6.07, 6.45) is 2.70. The maximum atomic E-state index is 13.2. The summed E-state index contributed by atoms with van der Waals surface area (Å²) in [4.78, 5) is 20.3. The molecule has 0 aromatic carbocycles. The van der Waals surface area contributed by atoms with Crippen molar-refractivity contribution in [2.24, 2.45) is 15.7 Å². The van der Waals surface area contributed by atoms with Crippen molar-refractivity contribution in [2.75, 3.05) is 13.2 Å². The van der Waals surface area contributed by atoms with Gasteiger partial charge >= 0.3 is 0 Å². The van der Waals surface area contributed by atoms with Crippen LogP contribution in [0.3, 0.4) is 0 Å². The predicted octanol–water partition coefficient (Wildman–Crippen LogP) is 5.40. The molecule has 6 nitrogen and oxygen atoms in total. The Bertz CT molecular complexity index is 1010. The van der Waals surface area contributed by atoms with E-state index < -0.39 is 6.67 Å². The third-order valence-corrected chi connectivity index (χ3v) is 5.41. The molecule has 7 heteroatoms. The highest BCUT2D eigenvalue weighted by molar-refractivity contribution is 6.01. The fourth-order valence-electron chi connectivity index (χ4n) is 3.73. The number of oxime groups is 2. The van der Waals surface area contributed by atoms with E-state index in [-0.39, 0.29) is 5.41 Å². The first-order chi connectivity index (χ1) is 15.2. The van der Waals surface area contributed by atoms with Gasteiger partial charge in [-0.15, -0.1) is 0 Å². The van der Waals surface area contributed by atoms with E-state index >= 15 is 0 Å². The van der Waals surface area contributed by atoms with E-state index in [0.29, 0.717) is 18.9 Å². The van der Waals surface area contributed by atoms with Gasteiger partial charge < -0.3 is 9.68 Å². The van der Waals surface area contributed by atoms with Crippen molar-refractivity contribution < 1.29 is 14.1 Å². The first-order valence-corrected chi connectivity index (χ1v) is 11.1. The van der Waals surface area contributed by atoms with Gasteiger partial charge in [0.2, 0.25) is 0 Å². The molecular weight excluding hydrogens is 407 g/mol. The van der Waals surface area contributed by atoms with Gasteiger partial charge in [-0.2, -0.15) is 0 Å².